The highest BCUT2D eigenvalue weighted by Gasteiger charge is 2.60. The number of benzene rings is 1. The van der Waals surface area contributed by atoms with Crippen LogP contribution in [0.15, 0.2) is 35.9 Å². The number of nitro benzene ring substituents is 1. The molecule has 15 nitrogen and oxygen atoms in total. The lowest BCUT2D eigenvalue weighted by atomic mass is 9.74. The largest absolute Gasteiger partial charge is 0.455 e. The lowest BCUT2D eigenvalue weighted by Gasteiger charge is -2.46. The van der Waals surface area contributed by atoms with Crippen molar-refractivity contribution in [1.82, 2.24) is 15.3 Å². The van der Waals surface area contributed by atoms with Crippen LogP contribution in [0.3, 0.4) is 0 Å². The fraction of sp³-hybridized carbons (Fsp3) is 0.725. The fourth-order valence-corrected chi connectivity index (χ4v) is 8.71. The zero-order valence-electron chi connectivity index (χ0n) is 34.3. The first-order valence-corrected chi connectivity index (χ1v) is 19.4. The third-order valence-electron chi connectivity index (χ3n) is 11.8. The summed E-state index contributed by atoms with van der Waals surface area (Å²) < 4.78 is 31.3. The molecule has 12 atom stereocenters. The summed E-state index contributed by atoms with van der Waals surface area (Å²) in [7, 11) is 5.35. The van der Waals surface area contributed by atoms with Crippen molar-refractivity contribution < 1.29 is 48.1 Å². The Hall–Kier alpha value is -3.47. The van der Waals surface area contributed by atoms with E-state index in [1.807, 2.05) is 53.6 Å². The molecule has 4 rings (SSSR count). The van der Waals surface area contributed by atoms with E-state index < -0.39 is 76.6 Å². The molecule has 15 heteroatoms. The SMILES string of the molecule is CC[C@H]1OC(=O)/C(C)=C/[C@H](C)[C@@H](O[C@@H]2O[C@H](C)C[C@H](N(C)C)[C@H]2O)[C@@](C)(OC)C[C@@H](C)C(=O)[C@H](C)[C@H]2N(NCCCc3ccc([N+](=O)[O-])cc3)C(=O)O[C@]12C. The lowest BCUT2D eigenvalue weighted by Crippen LogP contribution is -2.60. The van der Waals surface area contributed by atoms with Crippen LogP contribution in [-0.2, 0) is 39.7 Å². The molecule has 3 heterocycles. The third kappa shape index (κ3) is 9.74. The molecule has 0 radical (unpaired) electrons. The molecule has 0 aromatic heterocycles. The number of aliphatic hydroxyl groups is 1. The summed E-state index contributed by atoms with van der Waals surface area (Å²) in [5.74, 6) is -2.61. The Morgan fingerprint density at radius 1 is 1.11 bits per heavy atom. The maximum atomic E-state index is 14.6. The van der Waals surface area contributed by atoms with Gasteiger partial charge in [-0.05, 0) is 79.5 Å². The van der Waals surface area contributed by atoms with Crippen molar-refractivity contribution in [3.05, 3.63) is 51.6 Å². The van der Waals surface area contributed by atoms with Gasteiger partial charge < -0.3 is 33.7 Å². The van der Waals surface area contributed by atoms with E-state index in [-0.39, 0.29) is 30.0 Å². The molecule has 0 unspecified atom stereocenters. The number of nitrogens with zero attached hydrogens (tertiary/aromatic N) is 3. The van der Waals surface area contributed by atoms with E-state index in [4.69, 9.17) is 23.7 Å². The predicted molar refractivity (Wildman–Crippen MR) is 204 cm³/mol. The second kappa shape index (κ2) is 18.2. The molecular weight excluding hydrogens is 712 g/mol. The van der Waals surface area contributed by atoms with E-state index in [2.05, 4.69) is 5.43 Å². The van der Waals surface area contributed by atoms with Crippen molar-refractivity contribution >= 4 is 23.5 Å². The Balaban J connectivity index is 1.67. The first-order valence-electron chi connectivity index (χ1n) is 19.4. The molecular formula is C40H62N4O11. The number of non-ortho nitro benzene ring substituents is 1. The number of rotatable bonds is 11. The van der Waals surface area contributed by atoms with E-state index in [0.29, 0.717) is 37.8 Å². The van der Waals surface area contributed by atoms with Crippen molar-refractivity contribution in [2.24, 2.45) is 17.8 Å². The van der Waals surface area contributed by atoms with Crippen molar-refractivity contribution in [2.45, 2.75) is 141 Å². The van der Waals surface area contributed by atoms with Crippen LogP contribution in [0.2, 0.25) is 0 Å². The second-order valence-corrected chi connectivity index (χ2v) is 16.3. The van der Waals surface area contributed by atoms with Crippen LogP contribution in [-0.4, -0.2) is 120 Å². The number of aryl methyl sites for hydroxylation is 1. The zero-order valence-corrected chi connectivity index (χ0v) is 34.3. The van der Waals surface area contributed by atoms with Crippen molar-refractivity contribution in [3.63, 3.8) is 0 Å². The minimum atomic E-state index is -1.40. The van der Waals surface area contributed by atoms with Gasteiger partial charge in [0.15, 0.2) is 11.9 Å². The normalized spacial score (nSPS) is 37.4. The Morgan fingerprint density at radius 3 is 2.35 bits per heavy atom. The van der Waals surface area contributed by atoms with Crippen LogP contribution in [0, 0.1) is 27.9 Å². The first kappa shape index (κ1) is 44.2. The number of Topliss-reactive ketones (excluding diaryl/α,β-unsaturated/α-hetero) is 1. The van der Waals surface area contributed by atoms with Gasteiger partial charge in [-0.3, -0.25) is 14.9 Å². The highest BCUT2D eigenvalue weighted by Crippen LogP contribution is 2.42. The van der Waals surface area contributed by atoms with E-state index in [0.717, 1.165) is 5.56 Å². The van der Waals surface area contributed by atoms with Crippen molar-refractivity contribution in [3.8, 4) is 0 Å². The topological polar surface area (TPSA) is 179 Å². The van der Waals surface area contributed by atoms with Crippen LogP contribution >= 0.6 is 0 Å². The number of nitro groups is 1. The molecule has 3 aliphatic heterocycles. The van der Waals surface area contributed by atoms with E-state index >= 15 is 0 Å². The Labute approximate surface area is 325 Å². The number of hydrogen-bond donors (Lipinski definition) is 2. The second-order valence-electron chi connectivity index (χ2n) is 16.3. The molecule has 2 N–H and O–H groups in total. The number of carbonyl (C=O) groups is 3. The fourth-order valence-electron chi connectivity index (χ4n) is 8.71. The monoisotopic (exact) mass is 774 g/mol. The Bertz CT molecular complexity index is 1560. The van der Waals surface area contributed by atoms with Gasteiger partial charge >= 0.3 is 12.1 Å². The Kier molecular flexibility index (Phi) is 14.6. The molecule has 1 aromatic rings. The molecule has 2 fully saturated rings. The number of hydrogen-bond acceptors (Lipinski definition) is 13. The number of cyclic esters (lactones) is 1. The quantitative estimate of drug-likeness (QED) is 0.133. The van der Waals surface area contributed by atoms with E-state index in [1.54, 1.807) is 46.1 Å². The molecule has 1 amide bonds. The summed E-state index contributed by atoms with van der Waals surface area (Å²) in [5, 5.41) is 23.8. The van der Waals surface area contributed by atoms with Crippen LogP contribution < -0.4 is 5.43 Å². The number of ketones is 1. The van der Waals surface area contributed by atoms with Crippen molar-refractivity contribution in [2.75, 3.05) is 27.7 Å². The number of amides is 1. The molecule has 2 saturated heterocycles. The van der Waals surface area contributed by atoms with Gasteiger partial charge in [-0.25, -0.2) is 20.0 Å². The summed E-state index contributed by atoms with van der Waals surface area (Å²) >= 11 is 0. The van der Waals surface area contributed by atoms with Gasteiger partial charge in [0, 0.05) is 55.2 Å². The van der Waals surface area contributed by atoms with E-state index in [9.17, 15) is 29.6 Å². The molecule has 55 heavy (non-hydrogen) atoms. The average Bonchev–Trinajstić information content (AvgIpc) is 3.39. The number of fused-ring (bicyclic) bond motifs is 1. The number of esters is 1. The Morgan fingerprint density at radius 2 is 1.76 bits per heavy atom. The summed E-state index contributed by atoms with van der Waals surface area (Å²) in [6.07, 6.45) is -0.531. The van der Waals surface area contributed by atoms with Gasteiger partial charge in [0.25, 0.3) is 5.69 Å². The van der Waals surface area contributed by atoms with Crippen LogP contribution in [0.25, 0.3) is 0 Å². The number of carbonyl (C=O) groups excluding carboxylic acids is 3. The summed E-state index contributed by atoms with van der Waals surface area (Å²) in [6, 6.07) is 5.22. The van der Waals surface area contributed by atoms with Gasteiger partial charge in [0.2, 0.25) is 0 Å². The maximum absolute atomic E-state index is 14.6. The average molecular weight is 775 g/mol. The highest BCUT2D eigenvalue weighted by atomic mass is 16.7. The number of ether oxygens (including phenoxy) is 5. The van der Waals surface area contributed by atoms with Crippen LogP contribution in [0.4, 0.5) is 10.5 Å². The molecule has 308 valence electrons. The minimum Gasteiger partial charge on any atom is -0.455 e. The molecule has 3 aliphatic rings. The van der Waals surface area contributed by atoms with Crippen LogP contribution in [0.5, 0.6) is 0 Å². The smallest absolute Gasteiger partial charge is 0.425 e. The van der Waals surface area contributed by atoms with Gasteiger partial charge in [0.05, 0.1) is 22.7 Å². The third-order valence-corrected chi connectivity index (χ3v) is 11.8. The number of aliphatic hydroxyl groups excluding tert-OH is 1. The predicted octanol–water partition coefficient (Wildman–Crippen LogP) is 4.98. The molecule has 0 saturated carbocycles. The zero-order chi connectivity index (χ0) is 41.0. The molecule has 0 aliphatic carbocycles. The highest BCUT2D eigenvalue weighted by molar-refractivity contribution is 5.88. The summed E-state index contributed by atoms with van der Waals surface area (Å²) in [5.41, 5.74) is 1.89. The number of methoxy groups -OCH3 is 1. The minimum absolute atomic E-state index is 0.00716. The van der Waals surface area contributed by atoms with Gasteiger partial charge in [0.1, 0.15) is 24.0 Å². The number of likely N-dealkylation sites (N-methyl/N-ethyl adjacent to an activating group) is 1. The standard InChI is InChI=1S/C40H62N4O11/c1-12-31-40(8)34(43(38(48)55-40)41-19-13-14-28-15-17-29(18-16-28)44(49)50)27(6)32(45)25(4)22-39(7,51-11)35(23(2)20-24(3)36(47)53-31)54-37-33(46)30(42(9)10)21-26(5)52-37/h15-18,20,23,25-27,30-31,33-35,37,41,46H,12-14,19,21-22H2,1-11H3/b24-20+/t23-,25+,26+,27-,30-,31+,33+,34+,35+,37-,39-,40+/m0/s1. The molecule has 0 spiro atoms. The van der Waals surface area contributed by atoms with E-state index in [1.165, 1.54) is 17.1 Å². The van der Waals surface area contributed by atoms with Crippen LogP contribution in [0.1, 0.15) is 86.6 Å². The maximum Gasteiger partial charge on any atom is 0.425 e. The molecule has 0 bridgehead atoms. The van der Waals surface area contributed by atoms with Crippen molar-refractivity contribution in [1.29, 1.82) is 0 Å². The number of hydrazine groups is 1. The summed E-state index contributed by atoms with van der Waals surface area (Å²) in [6.45, 7) is 14.8. The van der Waals surface area contributed by atoms with Gasteiger partial charge in [-0.2, -0.15) is 0 Å². The molecule has 1 aromatic carbocycles. The number of nitrogens with one attached hydrogen (secondary N) is 1. The lowest BCUT2D eigenvalue weighted by molar-refractivity contribution is -0.384. The van der Waals surface area contributed by atoms with Gasteiger partial charge in [-0.1, -0.05) is 45.9 Å². The first-order chi connectivity index (χ1) is 25.8. The summed E-state index contributed by atoms with van der Waals surface area (Å²) in [4.78, 5) is 54.7. The van der Waals surface area contributed by atoms with Gasteiger partial charge in [-0.15, -0.1) is 0 Å².